The van der Waals surface area contributed by atoms with Crippen LogP contribution in [-0.2, 0) is 4.79 Å². The predicted octanol–water partition coefficient (Wildman–Crippen LogP) is 2.13. The van der Waals surface area contributed by atoms with Crippen molar-refractivity contribution < 1.29 is 4.79 Å². The molecule has 92 valence electrons. The molecule has 1 aliphatic heterocycles. The van der Waals surface area contributed by atoms with E-state index >= 15 is 0 Å². The van der Waals surface area contributed by atoms with Crippen molar-refractivity contribution >= 4 is 47.7 Å². The smallest absolute Gasteiger partial charge is 0.228 e. The van der Waals surface area contributed by atoms with E-state index in [9.17, 15) is 4.79 Å². The maximum Gasteiger partial charge on any atom is 0.228 e. The fraction of sp³-hybridized carbons (Fsp3) is 0.500. The van der Waals surface area contributed by atoms with Crippen LogP contribution in [-0.4, -0.2) is 34.4 Å². The van der Waals surface area contributed by atoms with Gasteiger partial charge in [0.2, 0.25) is 5.91 Å². The molecule has 1 atom stereocenters. The first kappa shape index (κ1) is 13.0. The lowest BCUT2D eigenvalue weighted by molar-refractivity contribution is -0.117. The number of carbonyl (C=O) groups excluding carboxylic acids is 1. The Labute approximate surface area is 115 Å². The van der Waals surface area contributed by atoms with Crippen molar-refractivity contribution in [3.05, 3.63) is 11.2 Å². The molecule has 1 fully saturated rings. The van der Waals surface area contributed by atoms with E-state index in [-0.39, 0.29) is 11.8 Å². The minimum atomic E-state index is 0.0749. The lowest BCUT2D eigenvalue weighted by Gasteiger charge is -2.15. The van der Waals surface area contributed by atoms with Crippen LogP contribution in [0.1, 0.15) is 6.42 Å². The Morgan fingerprint density at radius 3 is 3.00 bits per heavy atom. The zero-order valence-corrected chi connectivity index (χ0v) is 11.7. The molecule has 4 nitrogen and oxygen atoms in total. The second kappa shape index (κ2) is 5.46. The van der Waals surface area contributed by atoms with Gasteiger partial charge in [0.15, 0.2) is 5.16 Å². The summed E-state index contributed by atoms with van der Waals surface area (Å²) < 4.78 is 0. The Bertz CT molecular complexity index is 444. The molecule has 0 aliphatic carbocycles. The molecule has 2 heterocycles. The normalized spacial score (nSPS) is 20.1. The topological polar surface area (TPSA) is 46.1 Å². The first-order valence-corrected chi connectivity index (χ1v) is 7.37. The molecule has 1 aliphatic rings. The number of hydrogen-bond donors (Lipinski definition) is 1. The number of aromatic nitrogens is 2. The van der Waals surface area contributed by atoms with E-state index in [0.29, 0.717) is 34.8 Å². The molecular formula is C10H12ClN3OS2. The van der Waals surface area contributed by atoms with Crippen LogP contribution in [0.25, 0.3) is 0 Å². The van der Waals surface area contributed by atoms with E-state index in [0.717, 1.165) is 0 Å². The third-order valence-corrected chi connectivity index (χ3v) is 3.84. The highest BCUT2D eigenvalue weighted by molar-refractivity contribution is 7.98. The second-order valence-electron chi connectivity index (χ2n) is 3.79. The summed E-state index contributed by atoms with van der Waals surface area (Å²) in [5, 5.41) is 0.941. The molecule has 0 N–H and O–H groups in total. The van der Waals surface area contributed by atoms with Gasteiger partial charge in [-0.25, -0.2) is 9.97 Å². The van der Waals surface area contributed by atoms with Gasteiger partial charge in [0.25, 0.3) is 0 Å². The fourth-order valence-electron chi connectivity index (χ4n) is 1.74. The number of thioether (sulfide) groups is 1. The summed E-state index contributed by atoms with van der Waals surface area (Å²) >= 11 is 11.5. The molecule has 1 aromatic heterocycles. The van der Waals surface area contributed by atoms with E-state index in [1.165, 1.54) is 11.8 Å². The summed E-state index contributed by atoms with van der Waals surface area (Å²) in [7, 11) is 0. The van der Waals surface area contributed by atoms with Crippen molar-refractivity contribution in [2.45, 2.75) is 11.6 Å². The van der Waals surface area contributed by atoms with Gasteiger partial charge in [0.1, 0.15) is 11.0 Å². The molecule has 7 heteroatoms. The van der Waals surface area contributed by atoms with Crippen LogP contribution in [0.5, 0.6) is 0 Å². The molecule has 1 amide bonds. The molecule has 17 heavy (non-hydrogen) atoms. The van der Waals surface area contributed by atoms with Gasteiger partial charge in [-0.15, -0.1) is 0 Å². The lowest BCUT2D eigenvalue weighted by atomic mass is 10.1. The third kappa shape index (κ3) is 2.86. The van der Waals surface area contributed by atoms with Gasteiger partial charge in [-0.05, 0) is 17.9 Å². The Morgan fingerprint density at radius 1 is 1.65 bits per heavy atom. The summed E-state index contributed by atoms with van der Waals surface area (Å²) in [6, 6.07) is 1.63. The van der Waals surface area contributed by atoms with Gasteiger partial charge in [-0.3, -0.25) is 9.69 Å². The van der Waals surface area contributed by atoms with Crippen LogP contribution in [0, 0.1) is 5.92 Å². The summed E-state index contributed by atoms with van der Waals surface area (Å²) in [6.07, 6.45) is 2.40. The zero-order valence-electron chi connectivity index (χ0n) is 9.26. The van der Waals surface area contributed by atoms with Gasteiger partial charge in [-0.1, -0.05) is 23.4 Å². The van der Waals surface area contributed by atoms with Gasteiger partial charge < -0.3 is 0 Å². The molecule has 0 bridgehead atoms. The minimum Gasteiger partial charge on any atom is -0.296 e. The van der Waals surface area contributed by atoms with E-state index < -0.39 is 0 Å². The average Bonchev–Trinajstić information content (AvgIpc) is 2.69. The van der Waals surface area contributed by atoms with Crippen LogP contribution in [0.2, 0.25) is 5.15 Å². The van der Waals surface area contributed by atoms with Crippen LogP contribution < -0.4 is 4.90 Å². The molecule has 1 unspecified atom stereocenters. The highest BCUT2D eigenvalue weighted by Crippen LogP contribution is 2.27. The number of carbonyl (C=O) groups is 1. The van der Waals surface area contributed by atoms with Gasteiger partial charge >= 0.3 is 0 Å². The fourth-order valence-corrected chi connectivity index (χ4v) is 2.59. The van der Waals surface area contributed by atoms with E-state index in [4.69, 9.17) is 11.6 Å². The van der Waals surface area contributed by atoms with Crippen molar-refractivity contribution in [2.24, 2.45) is 5.92 Å². The highest BCUT2D eigenvalue weighted by Gasteiger charge is 2.30. The first-order chi connectivity index (χ1) is 8.13. The molecule has 0 saturated carbocycles. The molecule has 2 rings (SSSR count). The minimum absolute atomic E-state index is 0.0749. The van der Waals surface area contributed by atoms with Crippen LogP contribution in [0.15, 0.2) is 11.2 Å². The number of rotatable bonds is 3. The number of thiol groups is 1. The Hall–Kier alpha value is -0.460. The largest absolute Gasteiger partial charge is 0.296 e. The van der Waals surface area contributed by atoms with Gasteiger partial charge in [0, 0.05) is 19.0 Å². The second-order valence-corrected chi connectivity index (χ2v) is 5.32. The summed E-state index contributed by atoms with van der Waals surface area (Å²) in [6.45, 7) is 0.656. The molecule has 1 aromatic rings. The van der Waals surface area contributed by atoms with Gasteiger partial charge in [-0.2, -0.15) is 12.6 Å². The first-order valence-electron chi connectivity index (χ1n) is 5.14. The van der Waals surface area contributed by atoms with Crippen molar-refractivity contribution in [1.82, 2.24) is 9.97 Å². The van der Waals surface area contributed by atoms with Crippen molar-refractivity contribution in [1.29, 1.82) is 0 Å². The quantitative estimate of drug-likeness (QED) is 0.401. The molecule has 0 aromatic carbocycles. The van der Waals surface area contributed by atoms with Crippen LogP contribution in [0.4, 0.5) is 5.82 Å². The monoisotopic (exact) mass is 289 g/mol. The highest BCUT2D eigenvalue weighted by atomic mass is 35.5. The molecule has 1 saturated heterocycles. The molecular weight excluding hydrogens is 278 g/mol. The van der Waals surface area contributed by atoms with Crippen LogP contribution >= 0.6 is 36.0 Å². The van der Waals surface area contributed by atoms with Crippen molar-refractivity contribution in [2.75, 3.05) is 23.5 Å². The maximum atomic E-state index is 11.8. The van der Waals surface area contributed by atoms with Crippen molar-refractivity contribution in [3.8, 4) is 0 Å². The third-order valence-electron chi connectivity index (χ3n) is 2.58. The Kier molecular flexibility index (Phi) is 4.17. The number of anilines is 1. The van der Waals surface area contributed by atoms with Gasteiger partial charge in [0.05, 0.1) is 0 Å². The average molecular weight is 290 g/mol. The SMILES string of the molecule is CSc1nc(Cl)cc(N2CC(CS)CC2=O)n1. The zero-order chi connectivity index (χ0) is 12.4. The molecule has 0 spiro atoms. The Balaban J connectivity index is 2.28. The molecule has 0 radical (unpaired) electrons. The number of halogens is 1. The number of nitrogens with zero attached hydrogens (tertiary/aromatic N) is 3. The van der Waals surface area contributed by atoms with E-state index in [1.807, 2.05) is 6.26 Å². The Morgan fingerprint density at radius 2 is 2.41 bits per heavy atom. The maximum absolute atomic E-state index is 11.8. The van der Waals surface area contributed by atoms with Crippen LogP contribution in [0.3, 0.4) is 0 Å². The number of hydrogen-bond acceptors (Lipinski definition) is 5. The number of amides is 1. The predicted molar refractivity (Wildman–Crippen MR) is 73.1 cm³/mol. The van der Waals surface area contributed by atoms with E-state index in [1.54, 1.807) is 11.0 Å². The van der Waals surface area contributed by atoms with E-state index in [2.05, 4.69) is 22.6 Å². The standard InChI is InChI=1S/C10H12ClN3OS2/c1-17-10-12-7(11)3-8(13-10)14-4-6(5-16)2-9(14)15/h3,6,16H,2,4-5H2,1H3. The summed E-state index contributed by atoms with van der Waals surface area (Å²) in [5.74, 6) is 1.66. The summed E-state index contributed by atoms with van der Waals surface area (Å²) in [4.78, 5) is 21.9. The van der Waals surface area contributed by atoms with Crippen molar-refractivity contribution in [3.63, 3.8) is 0 Å². The lowest BCUT2D eigenvalue weighted by Crippen LogP contribution is -2.26. The summed E-state index contributed by atoms with van der Waals surface area (Å²) in [5.41, 5.74) is 0.